The van der Waals surface area contributed by atoms with Gasteiger partial charge in [-0.05, 0) is 37.5 Å². The summed E-state index contributed by atoms with van der Waals surface area (Å²) in [5.41, 5.74) is 8.10. The van der Waals surface area contributed by atoms with Crippen LogP contribution in [-0.2, 0) is 0 Å². The first-order valence-electron chi connectivity index (χ1n) is 7.34. The summed E-state index contributed by atoms with van der Waals surface area (Å²) in [6.45, 7) is 1.95. The summed E-state index contributed by atoms with van der Waals surface area (Å²) in [6.07, 6.45) is 8.59. The Hall–Kier alpha value is -1.51. The van der Waals surface area contributed by atoms with Crippen LogP contribution in [0.2, 0.25) is 0 Å². The van der Waals surface area contributed by atoms with Crippen LogP contribution in [0.4, 0.5) is 5.69 Å². The van der Waals surface area contributed by atoms with E-state index in [1.54, 1.807) is 6.07 Å². The third kappa shape index (κ3) is 3.98. The van der Waals surface area contributed by atoms with Gasteiger partial charge in [-0.3, -0.25) is 4.79 Å². The molecule has 0 radical (unpaired) electrons. The van der Waals surface area contributed by atoms with Crippen molar-refractivity contribution >= 4 is 11.6 Å². The van der Waals surface area contributed by atoms with Gasteiger partial charge in [0.15, 0.2) is 0 Å². The van der Waals surface area contributed by atoms with Gasteiger partial charge in [-0.15, -0.1) is 0 Å². The highest BCUT2D eigenvalue weighted by Crippen LogP contribution is 2.18. The number of aryl methyl sites for hydroxylation is 1. The number of hydrogen-bond acceptors (Lipinski definition) is 2. The lowest BCUT2D eigenvalue weighted by molar-refractivity contribution is 0.0930. The summed E-state index contributed by atoms with van der Waals surface area (Å²) in [7, 11) is 0. The first-order chi connectivity index (χ1) is 9.16. The van der Waals surface area contributed by atoms with Crippen LogP contribution in [0.15, 0.2) is 18.2 Å². The largest absolute Gasteiger partial charge is 0.399 e. The second kappa shape index (κ2) is 6.60. The van der Waals surface area contributed by atoms with Gasteiger partial charge in [0.2, 0.25) is 0 Å². The maximum absolute atomic E-state index is 12.3. The molecule has 0 saturated heterocycles. The van der Waals surface area contributed by atoms with Gasteiger partial charge in [-0.25, -0.2) is 0 Å². The number of nitrogen functional groups attached to an aromatic ring is 1. The highest BCUT2D eigenvalue weighted by molar-refractivity contribution is 5.96. The number of amides is 1. The minimum atomic E-state index is 0.0235. The monoisotopic (exact) mass is 260 g/mol. The van der Waals surface area contributed by atoms with Crippen LogP contribution in [0.5, 0.6) is 0 Å². The van der Waals surface area contributed by atoms with Crippen LogP contribution in [0.1, 0.15) is 60.9 Å². The molecule has 1 fully saturated rings. The van der Waals surface area contributed by atoms with Gasteiger partial charge >= 0.3 is 0 Å². The maximum atomic E-state index is 12.3. The summed E-state index contributed by atoms with van der Waals surface area (Å²) >= 11 is 0. The van der Waals surface area contributed by atoms with E-state index in [0.29, 0.717) is 17.3 Å². The number of carbonyl (C=O) groups excluding carboxylic acids is 1. The Labute approximate surface area is 115 Å². The van der Waals surface area contributed by atoms with E-state index in [2.05, 4.69) is 5.32 Å². The maximum Gasteiger partial charge on any atom is 0.251 e. The number of benzene rings is 1. The zero-order valence-corrected chi connectivity index (χ0v) is 11.7. The number of nitrogens with two attached hydrogens (primary N) is 1. The fourth-order valence-corrected chi connectivity index (χ4v) is 2.75. The van der Waals surface area contributed by atoms with Crippen molar-refractivity contribution in [1.82, 2.24) is 5.32 Å². The Kier molecular flexibility index (Phi) is 4.83. The third-order valence-electron chi connectivity index (χ3n) is 3.95. The highest BCUT2D eigenvalue weighted by atomic mass is 16.1. The van der Waals surface area contributed by atoms with Crippen LogP contribution in [0, 0.1) is 6.92 Å². The number of hydrogen-bond donors (Lipinski definition) is 2. The molecule has 0 unspecified atom stereocenters. The molecule has 1 amide bonds. The summed E-state index contributed by atoms with van der Waals surface area (Å²) in [4.78, 5) is 12.3. The van der Waals surface area contributed by atoms with E-state index < -0.39 is 0 Å². The minimum absolute atomic E-state index is 0.0235. The summed E-state index contributed by atoms with van der Waals surface area (Å²) in [6, 6.07) is 5.84. The molecule has 1 aliphatic rings. The molecule has 0 aromatic heterocycles. The molecular weight excluding hydrogens is 236 g/mol. The van der Waals surface area contributed by atoms with Gasteiger partial charge in [0, 0.05) is 17.3 Å². The van der Waals surface area contributed by atoms with Crippen LogP contribution < -0.4 is 11.1 Å². The zero-order chi connectivity index (χ0) is 13.7. The van der Waals surface area contributed by atoms with Crippen molar-refractivity contribution in [1.29, 1.82) is 0 Å². The van der Waals surface area contributed by atoms with Crippen molar-refractivity contribution in [3.05, 3.63) is 29.3 Å². The van der Waals surface area contributed by atoms with E-state index in [1.165, 1.54) is 32.1 Å². The molecule has 3 N–H and O–H groups in total. The van der Waals surface area contributed by atoms with Crippen molar-refractivity contribution in [2.24, 2.45) is 0 Å². The molecule has 0 aliphatic heterocycles. The Bertz CT molecular complexity index is 434. The van der Waals surface area contributed by atoms with Crippen molar-refractivity contribution in [3.63, 3.8) is 0 Å². The third-order valence-corrected chi connectivity index (χ3v) is 3.95. The molecule has 1 aliphatic carbocycles. The average Bonchev–Trinajstić information content (AvgIpc) is 2.35. The van der Waals surface area contributed by atoms with Gasteiger partial charge in [-0.2, -0.15) is 0 Å². The predicted molar refractivity (Wildman–Crippen MR) is 79.2 cm³/mol. The Morgan fingerprint density at radius 2 is 1.79 bits per heavy atom. The van der Waals surface area contributed by atoms with E-state index in [4.69, 9.17) is 5.73 Å². The summed E-state index contributed by atoms with van der Waals surface area (Å²) < 4.78 is 0. The van der Waals surface area contributed by atoms with E-state index >= 15 is 0 Å². The highest BCUT2D eigenvalue weighted by Gasteiger charge is 2.16. The Balaban J connectivity index is 2.00. The lowest BCUT2D eigenvalue weighted by atomic mass is 9.96. The molecule has 2 rings (SSSR count). The second-order valence-electron chi connectivity index (χ2n) is 5.59. The molecule has 19 heavy (non-hydrogen) atoms. The molecule has 3 heteroatoms. The lowest BCUT2D eigenvalue weighted by Crippen LogP contribution is -2.35. The first kappa shape index (κ1) is 13.9. The Morgan fingerprint density at radius 3 is 2.47 bits per heavy atom. The van der Waals surface area contributed by atoms with E-state index in [-0.39, 0.29) is 5.91 Å². The van der Waals surface area contributed by atoms with Crippen LogP contribution in [0.3, 0.4) is 0 Å². The molecule has 1 aromatic carbocycles. The van der Waals surface area contributed by atoms with Crippen molar-refractivity contribution in [3.8, 4) is 0 Å². The fourth-order valence-electron chi connectivity index (χ4n) is 2.75. The number of nitrogens with one attached hydrogen (secondary N) is 1. The van der Waals surface area contributed by atoms with Gasteiger partial charge in [0.25, 0.3) is 5.91 Å². The molecule has 1 saturated carbocycles. The number of carbonyl (C=O) groups is 1. The van der Waals surface area contributed by atoms with Crippen LogP contribution >= 0.6 is 0 Å². The minimum Gasteiger partial charge on any atom is -0.399 e. The molecule has 104 valence electrons. The molecule has 0 bridgehead atoms. The topological polar surface area (TPSA) is 55.1 Å². The molecule has 3 nitrogen and oxygen atoms in total. The van der Waals surface area contributed by atoms with E-state index in [1.807, 2.05) is 19.1 Å². The Morgan fingerprint density at radius 1 is 1.16 bits per heavy atom. The van der Waals surface area contributed by atoms with Gasteiger partial charge in [0.1, 0.15) is 0 Å². The van der Waals surface area contributed by atoms with Crippen molar-refractivity contribution in [2.75, 3.05) is 5.73 Å². The number of rotatable bonds is 2. The van der Waals surface area contributed by atoms with Crippen LogP contribution in [-0.4, -0.2) is 11.9 Å². The second-order valence-corrected chi connectivity index (χ2v) is 5.59. The standard InChI is InChI=1S/C16H24N2O/c1-12-9-10-13(17)11-15(12)16(19)18-14-7-5-3-2-4-6-8-14/h9-11,14H,2-8,17H2,1H3,(H,18,19). The lowest BCUT2D eigenvalue weighted by Gasteiger charge is -2.21. The van der Waals surface area contributed by atoms with Gasteiger partial charge in [-0.1, -0.05) is 38.2 Å². The van der Waals surface area contributed by atoms with Gasteiger partial charge in [0.05, 0.1) is 0 Å². The number of anilines is 1. The van der Waals surface area contributed by atoms with Gasteiger partial charge < -0.3 is 11.1 Å². The zero-order valence-electron chi connectivity index (χ0n) is 11.7. The van der Waals surface area contributed by atoms with Crippen LogP contribution in [0.25, 0.3) is 0 Å². The smallest absolute Gasteiger partial charge is 0.251 e. The van der Waals surface area contributed by atoms with Crippen molar-refractivity contribution in [2.45, 2.75) is 57.9 Å². The molecule has 0 atom stereocenters. The molecule has 0 spiro atoms. The molecule has 1 aromatic rings. The van der Waals surface area contributed by atoms with E-state index in [0.717, 1.165) is 18.4 Å². The fraction of sp³-hybridized carbons (Fsp3) is 0.562. The van der Waals surface area contributed by atoms with Crippen molar-refractivity contribution < 1.29 is 4.79 Å². The average molecular weight is 260 g/mol. The molecule has 0 heterocycles. The summed E-state index contributed by atoms with van der Waals surface area (Å²) in [5.74, 6) is 0.0235. The van der Waals surface area contributed by atoms with E-state index in [9.17, 15) is 4.79 Å². The summed E-state index contributed by atoms with van der Waals surface area (Å²) in [5, 5.41) is 3.18. The molecular formula is C16H24N2O. The SMILES string of the molecule is Cc1ccc(N)cc1C(=O)NC1CCCCCCC1. The first-order valence-corrected chi connectivity index (χ1v) is 7.34. The predicted octanol–water partition coefficient (Wildman–Crippen LogP) is 3.42. The quantitative estimate of drug-likeness (QED) is 0.800. The normalized spacial score (nSPS) is 17.5.